The van der Waals surface area contributed by atoms with E-state index in [-0.39, 0.29) is 5.91 Å². The van der Waals surface area contributed by atoms with E-state index in [4.69, 9.17) is 0 Å². The van der Waals surface area contributed by atoms with Crippen molar-refractivity contribution in [3.8, 4) is 0 Å². The monoisotopic (exact) mass is 273 g/mol. The largest absolute Gasteiger partial charge is 0.334 e. The molecular weight excluding hydrogens is 250 g/mol. The fourth-order valence-corrected chi connectivity index (χ4v) is 3.05. The van der Waals surface area contributed by atoms with Gasteiger partial charge in [0.15, 0.2) is 0 Å². The van der Waals surface area contributed by atoms with Gasteiger partial charge in [0.1, 0.15) is 0 Å². The molecule has 0 atom stereocenters. The molecule has 0 bridgehead atoms. The fraction of sp³-hybridized carbons (Fsp3) is 0.562. The van der Waals surface area contributed by atoms with Crippen molar-refractivity contribution >= 4 is 5.91 Å². The summed E-state index contributed by atoms with van der Waals surface area (Å²) in [6, 6.07) is 7.97. The quantitative estimate of drug-likeness (QED) is 0.827. The zero-order valence-electron chi connectivity index (χ0n) is 12.2. The minimum atomic E-state index is 0.207. The molecule has 2 aliphatic heterocycles. The lowest BCUT2D eigenvalue weighted by Crippen LogP contribution is -2.45. The first-order chi connectivity index (χ1) is 9.74. The Bertz CT molecular complexity index is 480. The maximum Gasteiger partial charge on any atom is 0.254 e. The van der Waals surface area contributed by atoms with Gasteiger partial charge in [0.25, 0.3) is 5.91 Å². The van der Waals surface area contributed by atoms with Crippen LogP contribution >= 0.6 is 0 Å². The molecule has 1 saturated heterocycles. The number of benzene rings is 1. The predicted molar refractivity (Wildman–Crippen MR) is 79.7 cm³/mol. The maximum atomic E-state index is 12.2. The molecule has 0 aromatic heterocycles. The van der Waals surface area contributed by atoms with Gasteiger partial charge in [0.2, 0.25) is 0 Å². The van der Waals surface area contributed by atoms with Crippen LogP contribution in [0.2, 0.25) is 0 Å². The first-order valence-corrected chi connectivity index (χ1v) is 7.52. The summed E-state index contributed by atoms with van der Waals surface area (Å²) in [5, 5.41) is 0. The van der Waals surface area contributed by atoms with Crippen molar-refractivity contribution in [3.05, 3.63) is 35.4 Å². The first kappa shape index (κ1) is 13.6. The van der Waals surface area contributed by atoms with Crippen LogP contribution in [-0.4, -0.2) is 66.9 Å². The Morgan fingerprint density at radius 1 is 1.05 bits per heavy atom. The SMILES string of the molecule is CN1CCN(CCCN2Cc3ccccc3C2=O)CC1. The highest BCUT2D eigenvalue weighted by atomic mass is 16.2. The van der Waals surface area contributed by atoms with Crippen molar-refractivity contribution in [2.45, 2.75) is 13.0 Å². The summed E-state index contributed by atoms with van der Waals surface area (Å²) in [7, 11) is 2.18. The van der Waals surface area contributed by atoms with E-state index < -0.39 is 0 Å². The number of likely N-dealkylation sites (N-methyl/N-ethyl adjacent to an activating group) is 1. The van der Waals surface area contributed by atoms with Crippen LogP contribution in [0.25, 0.3) is 0 Å². The van der Waals surface area contributed by atoms with Crippen molar-refractivity contribution in [2.75, 3.05) is 46.3 Å². The summed E-state index contributed by atoms with van der Waals surface area (Å²) >= 11 is 0. The normalized spacial score (nSPS) is 20.4. The van der Waals surface area contributed by atoms with Crippen molar-refractivity contribution < 1.29 is 4.79 Å². The number of amides is 1. The van der Waals surface area contributed by atoms with E-state index in [0.717, 1.165) is 57.8 Å². The molecule has 0 radical (unpaired) electrons. The number of piperazine rings is 1. The molecular formula is C16H23N3O. The molecule has 108 valence electrons. The van der Waals surface area contributed by atoms with Gasteiger partial charge in [0, 0.05) is 44.8 Å². The highest BCUT2D eigenvalue weighted by Crippen LogP contribution is 2.22. The van der Waals surface area contributed by atoms with Gasteiger partial charge >= 0.3 is 0 Å². The molecule has 2 heterocycles. The predicted octanol–water partition coefficient (Wildman–Crippen LogP) is 1.28. The number of nitrogens with zero attached hydrogens (tertiary/aromatic N) is 3. The van der Waals surface area contributed by atoms with Gasteiger partial charge in [-0.2, -0.15) is 0 Å². The van der Waals surface area contributed by atoms with Crippen LogP contribution in [0.1, 0.15) is 22.3 Å². The second-order valence-electron chi connectivity index (χ2n) is 5.88. The van der Waals surface area contributed by atoms with Gasteiger partial charge in [-0.15, -0.1) is 0 Å². The number of hydrogen-bond donors (Lipinski definition) is 0. The molecule has 4 nitrogen and oxygen atoms in total. The van der Waals surface area contributed by atoms with E-state index in [1.54, 1.807) is 0 Å². The molecule has 4 heteroatoms. The lowest BCUT2D eigenvalue weighted by Gasteiger charge is -2.32. The van der Waals surface area contributed by atoms with Crippen molar-refractivity contribution in [1.29, 1.82) is 0 Å². The summed E-state index contributed by atoms with van der Waals surface area (Å²) in [5.41, 5.74) is 2.07. The maximum absolute atomic E-state index is 12.2. The number of hydrogen-bond acceptors (Lipinski definition) is 3. The third kappa shape index (κ3) is 2.86. The average molecular weight is 273 g/mol. The Labute approximate surface area is 121 Å². The second-order valence-corrected chi connectivity index (χ2v) is 5.88. The van der Waals surface area contributed by atoms with E-state index in [0.29, 0.717) is 0 Å². The summed E-state index contributed by atoms with van der Waals surface area (Å²) < 4.78 is 0. The molecule has 1 aromatic carbocycles. The highest BCUT2D eigenvalue weighted by Gasteiger charge is 2.26. The molecule has 2 aliphatic rings. The third-order valence-electron chi connectivity index (χ3n) is 4.39. The Morgan fingerprint density at radius 2 is 1.80 bits per heavy atom. The Balaban J connectivity index is 1.45. The van der Waals surface area contributed by atoms with Crippen LogP contribution in [0.15, 0.2) is 24.3 Å². The van der Waals surface area contributed by atoms with Gasteiger partial charge in [0.05, 0.1) is 0 Å². The van der Waals surface area contributed by atoms with E-state index in [1.165, 1.54) is 5.56 Å². The van der Waals surface area contributed by atoms with E-state index in [2.05, 4.69) is 22.9 Å². The Hall–Kier alpha value is -1.39. The first-order valence-electron chi connectivity index (χ1n) is 7.52. The fourth-order valence-electron chi connectivity index (χ4n) is 3.05. The summed E-state index contributed by atoms with van der Waals surface area (Å²) in [6.07, 6.45) is 1.07. The summed E-state index contributed by atoms with van der Waals surface area (Å²) in [4.78, 5) is 19.1. The molecule has 0 aliphatic carbocycles. The molecule has 0 spiro atoms. The molecule has 1 fully saturated rings. The van der Waals surface area contributed by atoms with Crippen LogP contribution in [0.3, 0.4) is 0 Å². The molecule has 0 unspecified atom stereocenters. The molecule has 0 N–H and O–H groups in total. The van der Waals surface area contributed by atoms with Crippen LogP contribution in [0, 0.1) is 0 Å². The zero-order valence-corrected chi connectivity index (χ0v) is 12.2. The average Bonchev–Trinajstić information content (AvgIpc) is 2.78. The van der Waals surface area contributed by atoms with Crippen molar-refractivity contribution in [1.82, 2.24) is 14.7 Å². The second kappa shape index (κ2) is 5.94. The summed E-state index contributed by atoms with van der Waals surface area (Å²) in [5.74, 6) is 0.207. The number of fused-ring (bicyclic) bond motifs is 1. The van der Waals surface area contributed by atoms with E-state index in [1.807, 2.05) is 23.1 Å². The van der Waals surface area contributed by atoms with Crippen LogP contribution in [-0.2, 0) is 6.54 Å². The minimum absolute atomic E-state index is 0.207. The van der Waals surface area contributed by atoms with E-state index >= 15 is 0 Å². The molecule has 20 heavy (non-hydrogen) atoms. The van der Waals surface area contributed by atoms with Crippen molar-refractivity contribution in [3.63, 3.8) is 0 Å². The zero-order chi connectivity index (χ0) is 13.9. The van der Waals surface area contributed by atoms with Crippen molar-refractivity contribution in [2.24, 2.45) is 0 Å². The van der Waals surface area contributed by atoms with Crippen LogP contribution in [0.5, 0.6) is 0 Å². The molecule has 1 aromatic rings. The van der Waals surface area contributed by atoms with Gasteiger partial charge in [-0.25, -0.2) is 0 Å². The Morgan fingerprint density at radius 3 is 2.55 bits per heavy atom. The smallest absolute Gasteiger partial charge is 0.254 e. The Kier molecular flexibility index (Phi) is 4.03. The lowest BCUT2D eigenvalue weighted by molar-refractivity contribution is 0.0765. The summed E-state index contributed by atoms with van der Waals surface area (Å²) in [6.45, 7) is 7.41. The van der Waals surface area contributed by atoms with Crippen LogP contribution < -0.4 is 0 Å². The number of carbonyl (C=O) groups excluding carboxylic acids is 1. The molecule has 0 saturated carbocycles. The van der Waals surface area contributed by atoms with Gasteiger partial charge in [-0.05, 0) is 31.6 Å². The van der Waals surface area contributed by atoms with Gasteiger partial charge in [-0.3, -0.25) is 4.79 Å². The minimum Gasteiger partial charge on any atom is -0.334 e. The standard InChI is InChI=1S/C16H23N3O/c1-17-9-11-18(12-10-17)7-4-8-19-13-14-5-2-3-6-15(14)16(19)20/h2-3,5-6H,4,7-13H2,1H3. The highest BCUT2D eigenvalue weighted by molar-refractivity contribution is 5.98. The van der Waals surface area contributed by atoms with Gasteiger partial charge in [-0.1, -0.05) is 18.2 Å². The number of carbonyl (C=O) groups is 1. The van der Waals surface area contributed by atoms with Crippen LogP contribution in [0.4, 0.5) is 0 Å². The molecule has 3 rings (SSSR count). The van der Waals surface area contributed by atoms with E-state index in [9.17, 15) is 4.79 Å². The molecule has 1 amide bonds. The lowest BCUT2D eigenvalue weighted by atomic mass is 10.1. The number of rotatable bonds is 4. The third-order valence-corrected chi connectivity index (χ3v) is 4.39. The van der Waals surface area contributed by atoms with Gasteiger partial charge < -0.3 is 14.7 Å². The topological polar surface area (TPSA) is 26.8 Å².